The van der Waals surface area contributed by atoms with Crippen molar-refractivity contribution in [1.29, 1.82) is 0 Å². The third-order valence-electron chi connectivity index (χ3n) is 4.46. The Kier molecular flexibility index (Phi) is 7.17. The highest BCUT2D eigenvalue weighted by atomic mass is 35.5. The number of amides is 1. The molecule has 130 valence electrons. The number of hydrogen-bond acceptors (Lipinski definition) is 3. The molecular formula is C16H24Cl3N3O. The first-order chi connectivity index (χ1) is 10.2. The topological polar surface area (TPSA) is 58.4 Å². The summed E-state index contributed by atoms with van der Waals surface area (Å²) in [6.45, 7) is 7.81. The Morgan fingerprint density at radius 3 is 2.70 bits per heavy atom. The van der Waals surface area contributed by atoms with Gasteiger partial charge in [0.15, 0.2) is 0 Å². The molecule has 23 heavy (non-hydrogen) atoms. The van der Waals surface area contributed by atoms with E-state index in [1.807, 2.05) is 6.92 Å². The standard InChI is InChI=1S/C16H23Cl2N3O.ClH/c1-10(21-7-6-14(19)16(2,3)9-21)15(22)20-13-8-11(17)4-5-12(13)18;/h4-5,8,10,14H,6-7,9,19H2,1-3H3,(H,20,22);1H. The summed E-state index contributed by atoms with van der Waals surface area (Å²) < 4.78 is 0. The van der Waals surface area contributed by atoms with Crippen molar-refractivity contribution < 1.29 is 4.79 Å². The molecule has 3 N–H and O–H groups in total. The third kappa shape index (κ3) is 4.97. The monoisotopic (exact) mass is 379 g/mol. The first kappa shape index (κ1) is 20.5. The van der Waals surface area contributed by atoms with Gasteiger partial charge in [-0.25, -0.2) is 0 Å². The normalized spacial score (nSPS) is 22.1. The van der Waals surface area contributed by atoms with Crippen LogP contribution in [0.3, 0.4) is 0 Å². The molecule has 1 aliphatic rings. The molecule has 2 rings (SSSR count). The van der Waals surface area contributed by atoms with Crippen LogP contribution in [0.4, 0.5) is 5.69 Å². The van der Waals surface area contributed by atoms with Crippen LogP contribution >= 0.6 is 35.6 Å². The van der Waals surface area contributed by atoms with Gasteiger partial charge in [-0.05, 0) is 37.0 Å². The van der Waals surface area contributed by atoms with Gasteiger partial charge in [-0.2, -0.15) is 0 Å². The maximum atomic E-state index is 12.5. The Balaban J connectivity index is 0.00000264. The fourth-order valence-corrected chi connectivity index (χ4v) is 3.08. The van der Waals surface area contributed by atoms with Gasteiger partial charge in [0.1, 0.15) is 0 Å². The lowest BCUT2D eigenvalue weighted by atomic mass is 9.79. The molecule has 0 saturated carbocycles. The van der Waals surface area contributed by atoms with Crippen molar-refractivity contribution in [3.63, 3.8) is 0 Å². The van der Waals surface area contributed by atoms with Crippen molar-refractivity contribution in [3.05, 3.63) is 28.2 Å². The minimum Gasteiger partial charge on any atom is -0.327 e. The van der Waals surface area contributed by atoms with E-state index in [-0.39, 0.29) is 35.8 Å². The van der Waals surface area contributed by atoms with Crippen molar-refractivity contribution in [1.82, 2.24) is 4.90 Å². The van der Waals surface area contributed by atoms with E-state index >= 15 is 0 Å². The Hall–Kier alpha value is -0.520. The summed E-state index contributed by atoms with van der Waals surface area (Å²) in [6.07, 6.45) is 0.891. The quantitative estimate of drug-likeness (QED) is 0.838. The van der Waals surface area contributed by atoms with Crippen molar-refractivity contribution in [3.8, 4) is 0 Å². The minimum atomic E-state index is -0.248. The lowest BCUT2D eigenvalue weighted by Crippen LogP contribution is -2.56. The number of likely N-dealkylation sites (tertiary alicyclic amines) is 1. The van der Waals surface area contributed by atoms with E-state index in [9.17, 15) is 4.79 Å². The molecule has 2 unspecified atom stereocenters. The van der Waals surface area contributed by atoms with E-state index in [4.69, 9.17) is 28.9 Å². The molecule has 0 aromatic heterocycles. The summed E-state index contributed by atoms with van der Waals surface area (Å²) in [7, 11) is 0. The number of nitrogens with one attached hydrogen (secondary N) is 1. The molecular weight excluding hydrogens is 357 g/mol. The second-order valence-corrected chi connectivity index (χ2v) is 7.49. The van der Waals surface area contributed by atoms with Crippen molar-refractivity contribution in [2.75, 3.05) is 18.4 Å². The third-order valence-corrected chi connectivity index (χ3v) is 5.02. The minimum absolute atomic E-state index is 0. The Morgan fingerprint density at radius 1 is 1.43 bits per heavy atom. The van der Waals surface area contributed by atoms with Gasteiger partial charge in [0.2, 0.25) is 5.91 Å². The maximum Gasteiger partial charge on any atom is 0.241 e. The zero-order valence-electron chi connectivity index (χ0n) is 13.6. The van der Waals surface area contributed by atoms with Gasteiger partial charge >= 0.3 is 0 Å². The summed E-state index contributed by atoms with van der Waals surface area (Å²) in [6, 6.07) is 4.94. The van der Waals surface area contributed by atoms with Crippen LogP contribution in [0.1, 0.15) is 27.2 Å². The van der Waals surface area contributed by atoms with Crippen LogP contribution in [0.25, 0.3) is 0 Å². The molecule has 0 spiro atoms. The van der Waals surface area contributed by atoms with Gasteiger partial charge < -0.3 is 11.1 Å². The second-order valence-electron chi connectivity index (χ2n) is 6.64. The molecule has 1 aromatic carbocycles. The average Bonchev–Trinajstić information content (AvgIpc) is 2.45. The molecule has 1 heterocycles. The van der Waals surface area contributed by atoms with E-state index in [2.05, 4.69) is 24.1 Å². The average molecular weight is 381 g/mol. The van der Waals surface area contributed by atoms with Gasteiger partial charge in [0.05, 0.1) is 16.8 Å². The molecule has 0 bridgehead atoms. The zero-order chi connectivity index (χ0) is 16.5. The number of rotatable bonds is 3. The highest BCUT2D eigenvalue weighted by molar-refractivity contribution is 6.35. The Bertz CT molecular complexity index is 566. The van der Waals surface area contributed by atoms with Gasteiger partial charge in [-0.3, -0.25) is 9.69 Å². The predicted octanol–water partition coefficient (Wildman–Crippen LogP) is 3.80. The van der Waals surface area contributed by atoms with Crippen LogP contribution in [0.15, 0.2) is 18.2 Å². The maximum absolute atomic E-state index is 12.5. The van der Waals surface area contributed by atoms with Crippen LogP contribution in [0.5, 0.6) is 0 Å². The smallest absolute Gasteiger partial charge is 0.241 e. The van der Waals surface area contributed by atoms with Gasteiger partial charge in [0, 0.05) is 24.2 Å². The predicted molar refractivity (Wildman–Crippen MR) is 99.7 cm³/mol. The number of hydrogen-bond donors (Lipinski definition) is 2. The molecule has 0 aliphatic carbocycles. The van der Waals surface area contributed by atoms with Crippen LogP contribution in [0.2, 0.25) is 10.0 Å². The molecule has 0 radical (unpaired) electrons. The van der Waals surface area contributed by atoms with E-state index in [0.29, 0.717) is 15.7 Å². The molecule has 4 nitrogen and oxygen atoms in total. The second kappa shape index (κ2) is 8.04. The number of halogens is 3. The number of benzene rings is 1. The summed E-state index contributed by atoms with van der Waals surface area (Å²) in [5, 5.41) is 3.88. The number of nitrogens with two attached hydrogens (primary N) is 1. The van der Waals surface area contributed by atoms with Crippen molar-refractivity contribution >= 4 is 47.2 Å². The SMILES string of the molecule is CC(C(=O)Nc1cc(Cl)ccc1Cl)N1CCC(N)C(C)(C)C1.Cl. The largest absolute Gasteiger partial charge is 0.327 e. The molecule has 2 atom stereocenters. The molecule has 7 heteroatoms. The number of piperidine rings is 1. The zero-order valence-corrected chi connectivity index (χ0v) is 15.9. The first-order valence-electron chi connectivity index (χ1n) is 7.46. The van der Waals surface area contributed by atoms with Gasteiger partial charge in [-0.15, -0.1) is 12.4 Å². The summed E-state index contributed by atoms with van der Waals surface area (Å²) >= 11 is 12.0. The molecule has 1 amide bonds. The first-order valence-corrected chi connectivity index (χ1v) is 8.22. The molecule has 1 fully saturated rings. The van der Waals surface area contributed by atoms with Crippen molar-refractivity contribution in [2.45, 2.75) is 39.3 Å². The number of nitrogens with zero attached hydrogens (tertiary/aromatic N) is 1. The van der Waals surface area contributed by atoms with E-state index in [1.54, 1.807) is 18.2 Å². The van der Waals surface area contributed by atoms with Crippen molar-refractivity contribution in [2.24, 2.45) is 11.1 Å². The van der Waals surface area contributed by atoms with Crippen LogP contribution in [0, 0.1) is 5.41 Å². The number of anilines is 1. The van der Waals surface area contributed by atoms with E-state index < -0.39 is 0 Å². The van der Waals surface area contributed by atoms with Crippen LogP contribution in [-0.2, 0) is 4.79 Å². The molecule has 1 aliphatic heterocycles. The lowest BCUT2D eigenvalue weighted by Gasteiger charge is -2.44. The highest BCUT2D eigenvalue weighted by Crippen LogP contribution is 2.30. The fraction of sp³-hybridized carbons (Fsp3) is 0.562. The van der Waals surface area contributed by atoms with Gasteiger partial charge in [-0.1, -0.05) is 37.0 Å². The van der Waals surface area contributed by atoms with E-state index in [0.717, 1.165) is 19.5 Å². The van der Waals surface area contributed by atoms with Crippen LogP contribution in [-0.4, -0.2) is 36.0 Å². The highest BCUT2D eigenvalue weighted by Gasteiger charge is 2.36. The fourth-order valence-electron chi connectivity index (χ4n) is 2.74. The lowest BCUT2D eigenvalue weighted by molar-refractivity contribution is -0.122. The molecule has 1 saturated heterocycles. The summed E-state index contributed by atoms with van der Waals surface area (Å²) in [4.78, 5) is 14.6. The molecule has 1 aromatic rings. The summed E-state index contributed by atoms with van der Waals surface area (Å²) in [5.41, 5.74) is 6.69. The number of carbonyl (C=O) groups excluding carboxylic acids is 1. The number of carbonyl (C=O) groups is 1. The van der Waals surface area contributed by atoms with Gasteiger partial charge in [0.25, 0.3) is 0 Å². The Labute approximate surface area is 154 Å². The summed E-state index contributed by atoms with van der Waals surface area (Å²) in [5.74, 6) is -0.0876. The Morgan fingerprint density at radius 2 is 2.09 bits per heavy atom. The van der Waals surface area contributed by atoms with Crippen LogP contribution < -0.4 is 11.1 Å². The van der Waals surface area contributed by atoms with E-state index in [1.165, 1.54) is 0 Å².